The molecule has 1 aromatic rings. The molecule has 2 atom stereocenters. The molecular weight excluding hydrogens is 288 g/mol. The van der Waals surface area contributed by atoms with Gasteiger partial charge in [-0.2, -0.15) is 4.98 Å². The Morgan fingerprint density at radius 1 is 1.65 bits per heavy atom. The first kappa shape index (κ1) is 16.1. The number of nitrogens with one attached hydrogen (secondary N) is 1. The van der Waals surface area contributed by atoms with E-state index in [2.05, 4.69) is 15.3 Å². The van der Waals surface area contributed by atoms with E-state index in [0.717, 1.165) is 6.20 Å². The van der Waals surface area contributed by atoms with Crippen molar-refractivity contribution in [1.82, 2.24) is 9.97 Å². The highest BCUT2D eigenvalue weighted by molar-refractivity contribution is 6.28. The van der Waals surface area contributed by atoms with Crippen molar-refractivity contribution in [2.75, 3.05) is 12.4 Å². The summed E-state index contributed by atoms with van der Waals surface area (Å²) in [5.41, 5.74) is -0.355. The lowest BCUT2D eigenvalue weighted by molar-refractivity contribution is -0.384. The van der Waals surface area contributed by atoms with Crippen LogP contribution in [-0.2, 0) is 9.53 Å². The van der Waals surface area contributed by atoms with Crippen molar-refractivity contribution in [3.63, 3.8) is 0 Å². The minimum atomic E-state index is -0.755. The molecule has 0 aliphatic rings. The Balaban J connectivity index is 3.13. The fourth-order valence-electron chi connectivity index (χ4n) is 1.54. The van der Waals surface area contributed by atoms with Crippen molar-refractivity contribution >= 4 is 29.1 Å². The Hall–Kier alpha value is -1.96. The molecule has 8 nitrogen and oxygen atoms in total. The summed E-state index contributed by atoms with van der Waals surface area (Å²) >= 11 is 5.63. The zero-order valence-corrected chi connectivity index (χ0v) is 12.0. The Kier molecular flexibility index (Phi) is 5.63. The fourth-order valence-corrected chi connectivity index (χ4v) is 1.67. The summed E-state index contributed by atoms with van der Waals surface area (Å²) in [6.07, 6.45) is 1.67. The number of nitro groups is 1. The summed E-state index contributed by atoms with van der Waals surface area (Å²) in [6, 6.07) is -0.755. The maximum atomic E-state index is 11.8. The molecule has 1 rings (SSSR count). The minimum absolute atomic E-state index is 0.101. The van der Waals surface area contributed by atoms with Crippen LogP contribution in [-0.4, -0.2) is 34.0 Å². The average Bonchev–Trinajstić information content (AvgIpc) is 2.42. The molecule has 0 aliphatic heterocycles. The highest BCUT2D eigenvalue weighted by atomic mass is 35.5. The Morgan fingerprint density at radius 2 is 2.30 bits per heavy atom. The SMILES string of the molecule is CC[C@H](C)[C@H](Nc1nc(Cl)ncc1[N+](=O)[O-])C(=O)OC. The maximum Gasteiger partial charge on any atom is 0.329 e. The van der Waals surface area contributed by atoms with E-state index in [9.17, 15) is 14.9 Å². The van der Waals surface area contributed by atoms with Crippen LogP contribution in [0.4, 0.5) is 11.5 Å². The van der Waals surface area contributed by atoms with Gasteiger partial charge in [0, 0.05) is 0 Å². The number of ether oxygens (including phenoxy) is 1. The number of carbonyl (C=O) groups is 1. The molecule has 0 radical (unpaired) electrons. The van der Waals surface area contributed by atoms with Crippen molar-refractivity contribution in [2.24, 2.45) is 5.92 Å². The lowest BCUT2D eigenvalue weighted by Gasteiger charge is -2.22. The molecule has 0 unspecified atom stereocenters. The molecule has 0 bridgehead atoms. The van der Waals surface area contributed by atoms with Crippen molar-refractivity contribution in [1.29, 1.82) is 0 Å². The number of aromatic nitrogens is 2. The van der Waals surface area contributed by atoms with E-state index >= 15 is 0 Å². The molecule has 0 aliphatic carbocycles. The van der Waals surface area contributed by atoms with Crippen molar-refractivity contribution in [3.05, 3.63) is 21.6 Å². The fraction of sp³-hybridized carbons (Fsp3) is 0.545. The zero-order chi connectivity index (χ0) is 15.3. The van der Waals surface area contributed by atoms with Crippen LogP contribution in [0.1, 0.15) is 20.3 Å². The number of hydrogen-bond acceptors (Lipinski definition) is 7. The standard InChI is InChI=1S/C11H15ClN4O4/c1-4-6(2)8(10(17)20-3)14-9-7(16(18)19)5-13-11(12)15-9/h5-6,8H,4H2,1-3H3,(H,13,14,15)/t6-,8-/m0/s1. The summed E-state index contributed by atoms with van der Waals surface area (Å²) in [5, 5.41) is 13.5. The second-order valence-electron chi connectivity index (χ2n) is 4.16. The molecule has 110 valence electrons. The molecule has 0 spiro atoms. The van der Waals surface area contributed by atoms with Crippen molar-refractivity contribution in [3.8, 4) is 0 Å². The van der Waals surface area contributed by atoms with E-state index in [1.807, 2.05) is 13.8 Å². The lowest BCUT2D eigenvalue weighted by Crippen LogP contribution is -2.37. The van der Waals surface area contributed by atoms with Gasteiger partial charge in [-0.25, -0.2) is 9.78 Å². The van der Waals surface area contributed by atoms with Crippen molar-refractivity contribution < 1.29 is 14.5 Å². The number of esters is 1. The first-order valence-electron chi connectivity index (χ1n) is 5.92. The number of anilines is 1. The molecule has 0 saturated heterocycles. The monoisotopic (exact) mass is 302 g/mol. The molecule has 1 aromatic heterocycles. The molecule has 0 saturated carbocycles. The highest BCUT2D eigenvalue weighted by Crippen LogP contribution is 2.25. The molecule has 0 amide bonds. The molecule has 20 heavy (non-hydrogen) atoms. The van der Waals surface area contributed by atoms with Crippen LogP contribution in [0.15, 0.2) is 6.20 Å². The third-order valence-corrected chi connectivity index (χ3v) is 3.08. The van der Waals surface area contributed by atoms with Gasteiger partial charge in [0.1, 0.15) is 12.2 Å². The molecule has 1 N–H and O–H groups in total. The zero-order valence-electron chi connectivity index (χ0n) is 11.3. The van der Waals surface area contributed by atoms with Crippen LogP contribution in [0.3, 0.4) is 0 Å². The first-order valence-corrected chi connectivity index (χ1v) is 6.29. The van der Waals surface area contributed by atoms with E-state index in [0.29, 0.717) is 6.42 Å². The van der Waals surface area contributed by atoms with Gasteiger partial charge in [-0.05, 0) is 17.5 Å². The van der Waals surface area contributed by atoms with Crippen molar-refractivity contribution in [2.45, 2.75) is 26.3 Å². The number of methoxy groups -OCH3 is 1. The van der Waals surface area contributed by atoms with E-state index < -0.39 is 16.9 Å². The average molecular weight is 303 g/mol. The molecular formula is C11H15ClN4O4. The predicted octanol–water partition coefficient (Wildman–Crippen LogP) is 2.04. The van der Waals surface area contributed by atoms with E-state index in [-0.39, 0.29) is 22.7 Å². The van der Waals surface area contributed by atoms with Gasteiger partial charge in [0.2, 0.25) is 11.1 Å². The Labute approximate surface area is 120 Å². The Morgan fingerprint density at radius 3 is 2.80 bits per heavy atom. The van der Waals surface area contributed by atoms with Gasteiger partial charge in [-0.15, -0.1) is 0 Å². The summed E-state index contributed by atoms with van der Waals surface area (Å²) in [4.78, 5) is 29.3. The van der Waals surface area contributed by atoms with Crippen LogP contribution < -0.4 is 5.32 Å². The normalized spacial score (nSPS) is 13.4. The summed E-state index contributed by atoms with van der Waals surface area (Å²) in [6.45, 7) is 3.72. The second-order valence-corrected chi connectivity index (χ2v) is 4.50. The number of rotatable bonds is 6. The predicted molar refractivity (Wildman–Crippen MR) is 72.6 cm³/mol. The topological polar surface area (TPSA) is 107 Å². The van der Waals surface area contributed by atoms with E-state index in [1.165, 1.54) is 7.11 Å². The molecule has 9 heteroatoms. The van der Waals surface area contributed by atoms with Gasteiger partial charge in [0.25, 0.3) is 0 Å². The number of halogens is 1. The molecule has 0 fully saturated rings. The summed E-state index contributed by atoms with van der Waals surface area (Å²) < 4.78 is 4.69. The second kappa shape index (κ2) is 6.99. The lowest BCUT2D eigenvalue weighted by atomic mass is 9.99. The van der Waals surface area contributed by atoms with Crippen LogP contribution in [0, 0.1) is 16.0 Å². The summed E-state index contributed by atoms with van der Waals surface area (Å²) in [5.74, 6) is -0.732. The third-order valence-electron chi connectivity index (χ3n) is 2.90. The number of hydrogen-bond donors (Lipinski definition) is 1. The maximum absolute atomic E-state index is 11.8. The van der Waals surface area contributed by atoms with E-state index in [4.69, 9.17) is 16.3 Å². The van der Waals surface area contributed by atoms with Gasteiger partial charge in [0.05, 0.1) is 12.0 Å². The number of carbonyl (C=O) groups excluding carboxylic acids is 1. The molecule has 1 heterocycles. The van der Waals surface area contributed by atoms with Crippen LogP contribution in [0.25, 0.3) is 0 Å². The minimum Gasteiger partial charge on any atom is -0.467 e. The number of nitrogens with zero attached hydrogens (tertiary/aromatic N) is 3. The van der Waals surface area contributed by atoms with Crippen LogP contribution >= 0.6 is 11.6 Å². The summed E-state index contributed by atoms with van der Waals surface area (Å²) in [7, 11) is 1.25. The van der Waals surface area contributed by atoms with Gasteiger partial charge >= 0.3 is 11.7 Å². The first-order chi connectivity index (χ1) is 9.40. The molecule has 0 aromatic carbocycles. The highest BCUT2D eigenvalue weighted by Gasteiger charge is 2.28. The Bertz CT molecular complexity index is 511. The van der Waals surface area contributed by atoms with Crippen LogP contribution in [0.2, 0.25) is 5.28 Å². The van der Waals surface area contributed by atoms with Gasteiger partial charge in [0.15, 0.2) is 0 Å². The quantitative estimate of drug-likeness (QED) is 0.371. The van der Waals surface area contributed by atoms with Gasteiger partial charge < -0.3 is 10.1 Å². The van der Waals surface area contributed by atoms with Gasteiger partial charge in [-0.1, -0.05) is 20.3 Å². The largest absolute Gasteiger partial charge is 0.467 e. The van der Waals surface area contributed by atoms with Gasteiger partial charge in [-0.3, -0.25) is 10.1 Å². The third kappa shape index (κ3) is 3.77. The van der Waals surface area contributed by atoms with E-state index in [1.54, 1.807) is 0 Å². The smallest absolute Gasteiger partial charge is 0.329 e. The van der Waals surface area contributed by atoms with Crippen LogP contribution in [0.5, 0.6) is 0 Å².